The maximum atomic E-state index is 12.3. The van der Waals surface area contributed by atoms with E-state index in [2.05, 4.69) is 10.3 Å². The van der Waals surface area contributed by atoms with E-state index in [-0.39, 0.29) is 18.2 Å². The summed E-state index contributed by atoms with van der Waals surface area (Å²) in [5.41, 5.74) is 1.75. The van der Waals surface area contributed by atoms with E-state index in [4.69, 9.17) is 0 Å². The molecule has 1 aromatic carbocycles. The predicted molar refractivity (Wildman–Crippen MR) is 78.1 cm³/mol. The molecule has 0 spiro atoms. The van der Waals surface area contributed by atoms with Gasteiger partial charge in [-0.05, 0) is 12.1 Å². The highest BCUT2D eigenvalue weighted by Gasteiger charge is 2.27. The highest BCUT2D eigenvalue weighted by molar-refractivity contribution is 7.89. The minimum atomic E-state index is -3.44. The van der Waals surface area contributed by atoms with Gasteiger partial charge < -0.3 is 9.88 Å². The molecule has 3 rings (SSSR count). The van der Waals surface area contributed by atoms with Gasteiger partial charge in [-0.2, -0.15) is 4.31 Å². The molecule has 7 nitrogen and oxygen atoms in total. The number of carbonyl (C=O) groups is 1. The van der Waals surface area contributed by atoms with Gasteiger partial charge in [0, 0.05) is 19.6 Å². The van der Waals surface area contributed by atoms with Gasteiger partial charge in [-0.1, -0.05) is 12.1 Å². The number of nitrogens with one attached hydrogen (secondary N) is 1. The lowest BCUT2D eigenvalue weighted by Crippen LogP contribution is -2.50. The van der Waals surface area contributed by atoms with Gasteiger partial charge in [-0.15, -0.1) is 0 Å². The Labute approximate surface area is 122 Å². The van der Waals surface area contributed by atoms with Gasteiger partial charge in [0.05, 0.1) is 29.7 Å². The van der Waals surface area contributed by atoms with Crippen molar-refractivity contribution >= 4 is 27.0 Å². The summed E-state index contributed by atoms with van der Waals surface area (Å²) in [5.74, 6) is -0.293. The predicted octanol–water partition coefficient (Wildman–Crippen LogP) is -0.202. The molecule has 1 aliphatic rings. The topological polar surface area (TPSA) is 84.3 Å². The van der Waals surface area contributed by atoms with Crippen LogP contribution in [0.25, 0.3) is 11.0 Å². The van der Waals surface area contributed by atoms with Gasteiger partial charge in [0.2, 0.25) is 15.9 Å². The maximum Gasteiger partial charge on any atom is 0.235 e. The van der Waals surface area contributed by atoms with Crippen LogP contribution in [0.2, 0.25) is 0 Å². The molecule has 0 atom stereocenters. The van der Waals surface area contributed by atoms with Crippen LogP contribution in [0.15, 0.2) is 30.6 Å². The van der Waals surface area contributed by atoms with Crippen molar-refractivity contribution in [2.24, 2.45) is 0 Å². The summed E-state index contributed by atoms with van der Waals surface area (Å²) in [4.78, 5) is 15.5. The van der Waals surface area contributed by atoms with Crippen molar-refractivity contribution in [3.63, 3.8) is 0 Å². The van der Waals surface area contributed by atoms with Crippen molar-refractivity contribution in [3.05, 3.63) is 30.6 Å². The molecule has 0 saturated carbocycles. The smallest absolute Gasteiger partial charge is 0.235 e. The van der Waals surface area contributed by atoms with Crippen LogP contribution in [-0.2, 0) is 21.4 Å². The number of aryl methyl sites for hydroxylation is 1. The van der Waals surface area contributed by atoms with Gasteiger partial charge in [0.1, 0.15) is 0 Å². The second-order valence-corrected chi connectivity index (χ2v) is 7.01. The van der Waals surface area contributed by atoms with E-state index in [0.717, 1.165) is 11.0 Å². The lowest BCUT2D eigenvalue weighted by molar-refractivity contribution is -0.122. The highest BCUT2D eigenvalue weighted by Crippen LogP contribution is 2.13. The average Bonchev–Trinajstić information content (AvgIpc) is 2.88. The number of amides is 1. The molecule has 1 amide bonds. The summed E-state index contributed by atoms with van der Waals surface area (Å²) in [6.45, 7) is 0.929. The minimum Gasteiger partial charge on any atom is -0.354 e. The number of hydrogen-bond donors (Lipinski definition) is 1. The summed E-state index contributed by atoms with van der Waals surface area (Å²) >= 11 is 0. The van der Waals surface area contributed by atoms with E-state index >= 15 is 0 Å². The SMILES string of the molecule is O=C1CN(S(=O)(=O)CCn2cnc3ccccc32)CCN1. The van der Waals surface area contributed by atoms with E-state index in [1.165, 1.54) is 4.31 Å². The Morgan fingerprint density at radius 3 is 2.90 bits per heavy atom. The van der Waals surface area contributed by atoms with Crippen molar-refractivity contribution in [3.8, 4) is 0 Å². The van der Waals surface area contributed by atoms with Crippen LogP contribution in [0, 0.1) is 0 Å². The van der Waals surface area contributed by atoms with E-state index in [1.54, 1.807) is 6.33 Å². The number of imidazole rings is 1. The van der Waals surface area contributed by atoms with Crippen molar-refractivity contribution < 1.29 is 13.2 Å². The molecule has 21 heavy (non-hydrogen) atoms. The van der Waals surface area contributed by atoms with Crippen LogP contribution in [0.5, 0.6) is 0 Å². The summed E-state index contributed by atoms with van der Waals surface area (Å²) in [7, 11) is -3.44. The molecule has 2 aromatic rings. The van der Waals surface area contributed by atoms with E-state index < -0.39 is 10.0 Å². The monoisotopic (exact) mass is 308 g/mol. The van der Waals surface area contributed by atoms with Crippen LogP contribution >= 0.6 is 0 Å². The number of hydrogen-bond acceptors (Lipinski definition) is 4. The fourth-order valence-electron chi connectivity index (χ4n) is 2.38. The molecule has 1 fully saturated rings. The zero-order valence-electron chi connectivity index (χ0n) is 11.4. The first-order valence-electron chi connectivity index (χ1n) is 6.71. The largest absolute Gasteiger partial charge is 0.354 e. The Hall–Kier alpha value is -1.93. The van der Waals surface area contributed by atoms with Gasteiger partial charge in [-0.3, -0.25) is 4.79 Å². The number of aromatic nitrogens is 2. The fraction of sp³-hybridized carbons (Fsp3) is 0.385. The Bertz CT molecular complexity index is 769. The molecular formula is C13H16N4O3S. The van der Waals surface area contributed by atoms with Crippen molar-refractivity contribution in [2.75, 3.05) is 25.4 Å². The van der Waals surface area contributed by atoms with Crippen LogP contribution in [0.4, 0.5) is 0 Å². The Kier molecular flexibility index (Phi) is 3.64. The molecule has 0 bridgehead atoms. The van der Waals surface area contributed by atoms with Crippen LogP contribution < -0.4 is 5.32 Å². The maximum absolute atomic E-state index is 12.3. The van der Waals surface area contributed by atoms with Gasteiger partial charge >= 0.3 is 0 Å². The third-order valence-electron chi connectivity index (χ3n) is 3.51. The fourth-order valence-corrected chi connectivity index (χ4v) is 3.75. The molecular weight excluding hydrogens is 292 g/mol. The average molecular weight is 308 g/mol. The number of fused-ring (bicyclic) bond motifs is 1. The Balaban J connectivity index is 1.73. The molecule has 1 saturated heterocycles. The van der Waals surface area contributed by atoms with Crippen molar-refractivity contribution in [1.82, 2.24) is 19.2 Å². The normalized spacial score (nSPS) is 17.0. The van der Waals surface area contributed by atoms with E-state index in [1.807, 2.05) is 28.8 Å². The lowest BCUT2D eigenvalue weighted by Gasteiger charge is -2.25. The summed E-state index contributed by atoms with van der Waals surface area (Å²) in [6, 6.07) is 7.57. The third kappa shape index (κ3) is 2.91. The standard InChI is InChI=1S/C13H16N4O3S/c18-13-9-17(6-5-14-13)21(19,20)8-7-16-10-15-11-3-1-2-4-12(11)16/h1-4,10H,5-9H2,(H,14,18). The van der Waals surface area contributed by atoms with Crippen molar-refractivity contribution in [2.45, 2.75) is 6.54 Å². The number of para-hydroxylation sites is 2. The van der Waals surface area contributed by atoms with E-state index in [9.17, 15) is 13.2 Å². The minimum absolute atomic E-state index is 0.0410. The highest BCUT2D eigenvalue weighted by atomic mass is 32.2. The summed E-state index contributed by atoms with van der Waals surface area (Å²) in [5, 5.41) is 2.62. The molecule has 1 N–H and O–H groups in total. The van der Waals surface area contributed by atoms with Crippen molar-refractivity contribution in [1.29, 1.82) is 0 Å². The second kappa shape index (κ2) is 5.45. The summed E-state index contributed by atoms with van der Waals surface area (Å²) in [6.07, 6.45) is 1.64. The second-order valence-electron chi connectivity index (χ2n) is 4.93. The number of nitrogens with zero attached hydrogens (tertiary/aromatic N) is 3. The van der Waals surface area contributed by atoms with E-state index in [0.29, 0.717) is 19.6 Å². The Morgan fingerprint density at radius 2 is 2.10 bits per heavy atom. The first kappa shape index (κ1) is 14.0. The molecule has 1 aliphatic heterocycles. The number of carbonyl (C=O) groups excluding carboxylic acids is 1. The molecule has 0 radical (unpaired) electrons. The molecule has 2 heterocycles. The summed E-state index contributed by atoms with van der Waals surface area (Å²) < 4.78 is 27.6. The first-order valence-corrected chi connectivity index (χ1v) is 8.31. The van der Waals surface area contributed by atoms with Crippen LogP contribution in [0.3, 0.4) is 0 Å². The lowest BCUT2D eigenvalue weighted by atomic mass is 10.3. The number of sulfonamides is 1. The number of benzene rings is 1. The molecule has 8 heteroatoms. The van der Waals surface area contributed by atoms with Crippen LogP contribution in [0.1, 0.15) is 0 Å². The van der Waals surface area contributed by atoms with Crippen LogP contribution in [-0.4, -0.2) is 53.6 Å². The first-order chi connectivity index (χ1) is 10.1. The zero-order valence-corrected chi connectivity index (χ0v) is 12.2. The number of rotatable bonds is 4. The Morgan fingerprint density at radius 1 is 1.29 bits per heavy atom. The molecule has 0 aliphatic carbocycles. The van der Waals surface area contributed by atoms with Gasteiger partial charge in [0.15, 0.2) is 0 Å². The number of piperazine rings is 1. The molecule has 1 aromatic heterocycles. The third-order valence-corrected chi connectivity index (χ3v) is 5.31. The molecule has 0 unspecified atom stereocenters. The van der Waals surface area contributed by atoms with Gasteiger partial charge in [-0.25, -0.2) is 13.4 Å². The van der Waals surface area contributed by atoms with Gasteiger partial charge in [0.25, 0.3) is 0 Å². The zero-order chi connectivity index (χ0) is 14.9. The quantitative estimate of drug-likeness (QED) is 0.847. The molecule has 112 valence electrons.